The van der Waals surface area contributed by atoms with E-state index in [4.69, 9.17) is 26.1 Å². The summed E-state index contributed by atoms with van der Waals surface area (Å²) in [4.78, 5) is 31.9. The molecule has 176 valence electrons. The van der Waals surface area contributed by atoms with E-state index in [1.807, 2.05) is 48.5 Å². The van der Waals surface area contributed by atoms with Crippen LogP contribution in [-0.4, -0.2) is 29.2 Å². The van der Waals surface area contributed by atoms with Gasteiger partial charge in [0.1, 0.15) is 15.5 Å². The second kappa shape index (κ2) is 10.6. The number of hydrogen-bond donors (Lipinski definition) is 0. The number of ether oxygens (including phenoxy) is 2. The molecule has 0 aliphatic carbocycles. The smallest absolute Gasteiger partial charge is 0.348 e. The molecule has 0 aliphatic rings. The summed E-state index contributed by atoms with van der Waals surface area (Å²) in [6, 6.07) is 15.2. The molecule has 0 atom stereocenters. The maximum absolute atomic E-state index is 13.7. The van der Waals surface area contributed by atoms with Crippen LogP contribution >= 0.6 is 34.7 Å². The average molecular weight is 515 g/mol. The summed E-state index contributed by atoms with van der Waals surface area (Å²) >= 11 is 8.66. The molecular formula is C25H23ClN2O4S2. The zero-order valence-electron chi connectivity index (χ0n) is 19.0. The number of aryl methyl sites for hydroxylation is 1. The highest BCUT2D eigenvalue weighted by Crippen LogP contribution is 2.31. The van der Waals surface area contributed by atoms with Crippen LogP contribution in [0.3, 0.4) is 0 Å². The molecule has 6 nitrogen and oxygen atoms in total. The minimum Gasteiger partial charge on any atom is -0.496 e. The molecule has 9 heteroatoms. The molecule has 0 amide bonds. The summed E-state index contributed by atoms with van der Waals surface area (Å²) in [7, 11) is 1.61. The van der Waals surface area contributed by atoms with Gasteiger partial charge in [0.25, 0.3) is 5.56 Å². The van der Waals surface area contributed by atoms with Crippen molar-refractivity contribution in [2.45, 2.75) is 31.3 Å². The monoisotopic (exact) mass is 514 g/mol. The van der Waals surface area contributed by atoms with Gasteiger partial charge in [-0.3, -0.25) is 9.36 Å². The maximum atomic E-state index is 13.7. The van der Waals surface area contributed by atoms with Crippen molar-refractivity contribution in [3.05, 3.63) is 85.5 Å². The zero-order chi connectivity index (χ0) is 24.2. The first-order valence-corrected chi connectivity index (χ1v) is 12.8. The number of para-hydroxylation sites is 1. The van der Waals surface area contributed by atoms with Gasteiger partial charge in [0.2, 0.25) is 0 Å². The average Bonchev–Trinajstić information content (AvgIpc) is 3.17. The maximum Gasteiger partial charge on any atom is 0.348 e. The van der Waals surface area contributed by atoms with Crippen LogP contribution < -0.4 is 10.3 Å². The summed E-state index contributed by atoms with van der Waals surface area (Å²) in [6.07, 6.45) is 0. The van der Waals surface area contributed by atoms with Gasteiger partial charge >= 0.3 is 5.97 Å². The first kappa shape index (κ1) is 24.3. The Morgan fingerprint density at radius 3 is 2.62 bits per heavy atom. The predicted octanol–water partition coefficient (Wildman–Crippen LogP) is 5.95. The molecule has 0 fully saturated rings. The van der Waals surface area contributed by atoms with Crippen LogP contribution in [0.5, 0.6) is 5.75 Å². The van der Waals surface area contributed by atoms with Crippen molar-refractivity contribution in [2.75, 3.05) is 13.7 Å². The molecule has 0 unspecified atom stereocenters. The fourth-order valence-corrected chi connectivity index (χ4v) is 5.77. The fraction of sp³-hybridized carbons (Fsp3) is 0.240. The first-order chi connectivity index (χ1) is 16.4. The standard InChI is InChI=1S/C25H23ClN2O4S2/c1-4-32-24(30)21-15(2)20-22(34-21)27-25(33-14-16-9-11-18(26)12-10-16)28(23(20)29)13-17-7-5-6-8-19(17)31-3/h5-12H,4,13-14H2,1-3H3. The number of thioether (sulfide) groups is 1. The third kappa shape index (κ3) is 4.99. The highest BCUT2D eigenvalue weighted by atomic mass is 35.5. The van der Waals surface area contributed by atoms with Crippen molar-refractivity contribution in [3.63, 3.8) is 0 Å². The lowest BCUT2D eigenvalue weighted by atomic mass is 10.2. The number of esters is 1. The Bertz CT molecular complexity index is 1400. The Labute approximate surface area is 210 Å². The van der Waals surface area contributed by atoms with Crippen molar-refractivity contribution in [1.82, 2.24) is 9.55 Å². The van der Waals surface area contributed by atoms with Gasteiger partial charge < -0.3 is 9.47 Å². The van der Waals surface area contributed by atoms with E-state index in [0.717, 1.165) is 11.1 Å². The van der Waals surface area contributed by atoms with Crippen molar-refractivity contribution < 1.29 is 14.3 Å². The minimum absolute atomic E-state index is 0.196. The Hall–Kier alpha value is -2.81. The lowest BCUT2D eigenvalue weighted by Crippen LogP contribution is -2.24. The lowest BCUT2D eigenvalue weighted by molar-refractivity contribution is 0.0531. The zero-order valence-corrected chi connectivity index (χ0v) is 21.4. The molecule has 2 heterocycles. The number of methoxy groups -OCH3 is 1. The molecular weight excluding hydrogens is 492 g/mol. The van der Waals surface area contributed by atoms with Crippen molar-refractivity contribution in [1.29, 1.82) is 0 Å². The van der Waals surface area contributed by atoms with E-state index in [2.05, 4.69) is 0 Å². The summed E-state index contributed by atoms with van der Waals surface area (Å²) in [6.45, 7) is 4.08. The highest BCUT2D eigenvalue weighted by molar-refractivity contribution is 7.98. The van der Waals surface area contributed by atoms with E-state index in [-0.39, 0.29) is 12.2 Å². The van der Waals surface area contributed by atoms with Crippen molar-refractivity contribution in [3.8, 4) is 5.75 Å². The molecule has 0 aliphatic heterocycles. The van der Waals surface area contributed by atoms with Gasteiger partial charge in [-0.05, 0) is 43.2 Å². The normalized spacial score (nSPS) is 11.1. The molecule has 4 rings (SSSR count). The number of thiophene rings is 1. The Balaban J connectivity index is 1.82. The molecule has 0 radical (unpaired) electrons. The Morgan fingerprint density at radius 2 is 1.91 bits per heavy atom. The van der Waals surface area contributed by atoms with Crippen LogP contribution in [0, 0.1) is 6.92 Å². The van der Waals surface area contributed by atoms with Crippen LogP contribution in [0.15, 0.2) is 58.5 Å². The van der Waals surface area contributed by atoms with Gasteiger partial charge in [0.15, 0.2) is 5.16 Å². The third-order valence-corrected chi connectivity index (χ3v) is 7.74. The SMILES string of the molecule is CCOC(=O)c1sc2nc(SCc3ccc(Cl)cc3)n(Cc3ccccc3OC)c(=O)c2c1C. The molecule has 2 aromatic carbocycles. The second-order valence-corrected chi connectivity index (χ2v) is 9.85. The van der Waals surface area contributed by atoms with Crippen LogP contribution in [-0.2, 0) is 17.0 Å². The highest BCUT2D eigenvalue weighted by Gasteiger charge is 2.23. The Morgan fingerprint density at radius 1 is 1.18 bits per heavy atom. The number of carbonyl (C=O) groups excluding carboxylic acids is 1. The number of hydrogen-bond acceptors (Lipinski definition) is 7. The van der Waals surface area contributed by atoms with Crippen molar-refractivity contribution >= 4 is 50.9 Å². The minimum atomic E-state index is -0.436. The first-order valence-electron chi connectivity index (χ1n) is 10.6. The number of nitrogens with zero attached hydrogens (tertiary/aromatic N) is 2. The molecule has 0 saturated carbocycles. The number of rotatable bonds is 8. The molecule has 0 bridgehead atoms. The largest absolute Gasteiger partial charge is 0.496 e. The number of halogens is 1. The predicted molar refractivity (Wildman–Crippen MR) is 138 cm³/mol. The number of fused-ring (bicyclic) bond motifs is 1. The van der Waals surface area contributed by atoms with Gasteiger partial charge in [-0.2, -0.15) is 0 Å². The molecule has 34 heavy (non-hydrogen) atoms. The van der Waals surface area contributed by atoms with Crippen LogP contribution in [0.4, 0.5) is 0 Å². The van der Waals surface area contributed by atoms with E-state index in [1.165, 1.54) is 23.1 Å². The fourth-order valence-electron chi connectivity index (χ4n) is 3.57. The van der Waals surface area contributed by atoms with Gasteiger partial charge in [-0.1, -0.05) is 53.7 Å². The van der Waals surface area contributed by atoms with Gasteiger partial charge in [-0.25, -0.2) is 9.78 Å². The van der Waals surface area contributed by atoms with Crippen LogP contribution in [0.25, 0.3) is 10.2 Å². The third-order valence-electron chi connectivity index (χ3n) is 5.28. The molecule has 0 spiro atoms. The molecule has 2 aromatic heterocycles. The lowest BCUT2D eigenvalue weighted by Gasteiger charge is -2.14. The van der Waals surface area contributed by atoms with E-state index in [1.54, 1.807) is 25.5 Å². The molecule has 4 aromatic rings. The summed E-state index contributed by atoms with van der Waals surface area (Å²) < 4.78 is 12.3. The number of benzene rings is 2. The van der Waals surface area contributed by atoms with Crippen molar-refractivity contribution in [2.24, 2.45) is 0 Å². The molecule has 0 N–H and O–H groups in total. The summed E-state index contributed by atoms with van der Waals surface area (Å²) in [5.41, 5.74) is 2.32. The summed E-state index contributed by atoms with van der Waals surface area (Å²) in [5, 5.41) is 1.68. The number of carbonyl (C=O) groups is 1. The van der Waals surface area contributed by atoms with E-state index in [0.29, 0.717) is 48.9 Å². The van der Waals surface area contributed by atoms with Gasteiger partial charge in [-0.15, -0.1) is 11.3 Å². The van der Waals surface area contributed by atoms with Gasteiger partial charge in [0.05, 0.1) is 25.6 Å². The molecule has 0 saturated heterocycles. The van der Waals surface area contributed by atoms with Crippen LogP contribution in [0.1, 0.15) is 33.3 Å². The summed E-state index contributed by atoms with van der Waals surface area (Å²) in [5.74, 6) is 0.863. The van der Waals surface area contributed by atoms with E-state index in [9.17, 15) is 9.59 Å². The van der Waals surface area contributed by atoms with Gasteiger partial charge in [0, 0.05) is 16.3 Å². The second-order valence-electron chi connectivity index (χ2n) is 7.47. The number of aromatic nitrogens is 2. The van der Waals surface area contributed by atoms with Crippen LogP contribution in [0.2, 0.25) is 5.02 Å². The quantitative estimate of drug-likeness (QED) is 0.164. The van der Waals surface area contributed by atoms with E-state index < -0.39 is 5.97 Å². The topological polar surface area (TPSA) is 70.4 Å². The van der Waals surface area contributed by atoms with E-state index >= 15 is 0 Å². The Kier molecular flexibility index (Phi) is 7.60.